The second-order valence-corrected chi connectivity index (χ2v) is 6.11. The van der Waals surface area contributed by atoms with Crippen LogP contribution in [0.2, 0.25) is 0 Å². The molecule has 1 unspecified atom stereocenters. The Balaban J connectivity index is 2.79. The van der Waals surface area contributed by atoms with Crippen molar-refractivity contribution in [3.8, 4) is 0 Å². The zero-order valence-electron chi connectivity index (χ0n) is 12.1. The highest BCUT2D eigenvalue weighted by Crippen LogP contribution is 2.33. The van der Waals surface area contributed by atoms with E-state index in [-0.39, 0.29) is 17.8 Å². The molecule has 0 bridgehead atoms. The van der Waals surface area contributed by atoms with Gasteiger partial charge >= 0.3 is 11.9 Å². The number of carbonyl (C=O) groups is 2. The predicted molar refractivity (Wildman–Crippen MR) is 73.9 cm³/mol. The molecule has 20 heavy (non-hydrogen) atoms. The van der Waals surface area contributed by atoms with Crippen LogP contribution >= 0.6 is 0 Å². The quantitative estimate of drug-likeness (QED) is 0.393. The first-order valence-electron chi connectivity index (χ1n) is 6.64. The van der Waals surface area contributed by atoms with Gasteiger partial charge in [-0.2, -0.15) is 0 Å². The number of hydrogen-bond acceptors (Lipinski definition) is 4. The Morgan fingerprint density at radius 2 is 1.85 bits per heavy atom. The lowest BCUT2D eigenvalue weighted by molar-refractivity contribution is -0.163. The summed E-state index contributed by atoms with van der Waals surface area (Å²) in [5.74, 6) is -2.44. The smallest absolute Gasteiger partial charge is 0.309 e. The molecule has 0 radical (unpaired) electrons. The summed E-state index contributed by atoms with van der Waals surface area (Å²) in [6, 6.07) is -0.580. The maximum Gasteiger partial charge on any atom is 0.309 e. The number of aliphatic imine (C=N–C) groups is 1. The number of hydrogen-bond donors (Lipinski definition) is 3. The van der Waals surface area contributed by atoms with Crippen molar-refractivity contribution in [1.82, 2.24) is 0 Å². The third-order valence-electron chi connectivity index (χ3n) is 3.19. The number of rotatable bonds is 3. The molecule has 1 aliphatic carbocycles. The standard InChI is InChI=1S/C13H23N3O4/c1-13(2,3)20-11(19)7-4-5-8(10(17)18)9(6-7)16-12(14)15/h7-9H,4-6H2,1-3H3,(H,17,18)(H4,14,15,16)/t7?,8-,9+/m1/s1. The minimum absolute atomic E-state index is 0.161. The lowest BCUT2D eigenvalue weighted by Gasteiger charge is -2.32. The molecular formula is C13H23N3O4. The summed E-state index contributed by atoms with van der Waals surface area (Å²) < 4.78 is 5.33. The summed E-state index contributed by atoms with van der Waals surface area (Å²) in [4.78, 5) is 27.2. The fourth-order valence-corrected chi connectivity index (χ4v) is 2.37. The number of carboxylic acid groups (broad SMARTS) is 1. The van der Waals surface area contributed by atoms with Gasteiger partial charge in [0.2, 0.25) is 0 Å². The Bertz CT molecular complexity index is 410. The minimum Gasteiger partial charge on any atom is -0.481 e. The van der Waals surface area contributed by atoms with Gasteiger partial charge in [-0.15, -0.1) is 0 Å². The van der Waals surface area contributed by atoms with Crippen molar-refractivity contribution >= 4 is 17.9 Å². The zero-order valence-corrected chi connectivity index (χ0v) is 12.1. The Morgan fingerprint density at radius 1 is 1.25 bits per heavy atom. The van der Waals surface area contributed by atoms with Crippen molar-refractivity contribution in [2.24, 2.45) is 28.3 Å². The summed E-state index contributed by atoms with van der Waals surface area (Å²) in [5, 5.41) is 9.17. The molecule has 0 amide bonds. The minimum atomic E-state index is -0.942. The SMILES string of the molecule is CC(C)(C)OC(=O)C1CC[C@@H](C(=O)O)[C@@H](N=C(N)N)C1. The highest BCUT2D eigenvalue weighted by molar-refractivity contribution is 5.78. The topological polar surface area (TPSA) is 128 Å². The number of esters is 1. The van der Waals surface area contributed by atoms with Gasteiger partial charge < -0.3 is 21.3 Å². The number of ether oxygens (including phenoxy) is 1. The van der Waals surface area contributed by atoms with Crippen molar-refractivity contribution in [3.05, 3.63) is 0 Å². The summed E-state index contributed by atoms with van der Waals surface area (Å²) in [5.41, 5.74) is 10.1. The molecule has 0 spiro atoms. The second kappa shape index (κ2) is 6.11. The Morgan fingerprint density at radius 3 is 2.30 bits per heavy atom. The van der Waals surface area contributed by atoms with Crippen molar-refractivity contribution in [2.75, 3.05) is 0 Å². The van der Waals surface area contributed by atoms with Crippen molar-refractivity contribution < 1.29 is 19.4 Å². The maximum absolute atomic E-state index is 12.0. The van der Waals surface area contributed by atoms with Crippen LogP contribution in [0.5, 0.6) is 0 Å². The molecule has 0 aromatic rings. The summed E-state index contributed by atoms with van der Waals surface area (Å²) in [6.07, 6.45) is 1.13. The van der Waals surface area contributed by atoms with Crippen molar-refractivity contribution in [3.63, 3.8) is 0 Å². The van der Waals surface area contributed by atoms with Crippen LogP contribution in [0.1, 0.15) is 40.0 Å². The number of nitrogens with zero attached hydrogens (tertiary/aromatic N) is 1. The lowest BCUT2D eigenvalue weighted by Crippen LogP contribution is -2.40. The first-order chi connectivity index (χ1) is 9.10. The van der Waals surface area contributed by atoms with Gasteiger partial charge in [0.15, 0.2) is 5.96 Å². The van der Waals surface area contributed by atoms with Gasteiger partial charge in [0.1, 0.15) is 5.60 Å². The molecule has 7 heteroatoms. The van der Waals surface area contributed by atoms with Crippen LogP contribution in [-0.4, -0.2) is 34.6 Å². The average molecular weight is 285 g/mol. The molecule has 0 heterocycles. The molecule has 0 saturated heterocycles. The van der Waals surface area contributed by atoms with Crippen LogP contribution in [0.25, 0.3) is 0 Å². The molecule has 1 rings (SSSR count). The zero-order chi connectivity index (χ0) is 15.5. The number of carboxylic acids is 1. The van der Waals surface area contributed by atoms with E-state index in [2.05, 4.69) is 4.99 Å². The second-order valence-electron chi connectivity index (χ2n) is 6.11. The lowest BCUT2D eigenvalue weighted by atomic mass is 9.78. The Kier molecular flexibility index (Phi) is 4.97. The normalized spacial score (nSPS) is 26.6. The third kappa shape index (κ3) is 4.71. The molecule has 5 N–H and O–H groups in total. The maximum atomic E-state index is 12.0. The molecule has 1 aliphatic rings. The van der Waals surface area contributed by atoms with E-state index < -0.39 is 23.5 Å². The van der Waals surface area contributed by atoms with Gasteiger partial charge in [-0.3, -0.25) is 9.59 Å². The van der Waals surface area contributed by atoms with E-state index in [1.54, 1.807) is 20.8 Å². The monoisotopic (exact) mass is 285 g/mol. The highest BCUT2D eigenvalue weighted by atomic mass is 16.6. The number of carbonyl (C=O) groups excluding carboxylic acids is 1. The van der Waals surface area contributed by atoms with E-state index in [1.807, 2.05) is 0 Å². The van der Waals surface area contributed by atoms with E-state index in [4.69, 9.17) is 21.3 Å². The van der Waals surface area contributed by atoms with Crippen LogP contribution in [0.3, 0.4) is 0 Å². The van der Waals surface area contributed by atoms with E-state index in [1.165, 1.54) is 0 Å². The van der Waals surface area contributed by atoms with Crippen molar-refractivity contribution in [1.29, 1.82) is 0 Å². The average Bonchev–Trinajstić information content (AvgIpc) is 2.25. The van der Waals surface area contributed by atoms with Gasteiger partial charge in [-0.1, -0.05) is 0 Å². The van der Waals surface area contributed by atoms with Crippen LogP contribution in [-0.2, 0) is 14.3 Å². The molecular weight excluding hydrogens is 262 g/mol. The number of nitrogens with two attached hydrogens (primary N) is 2. The third-order valence-corrected chi connectivity index (χ3v) is 3.19. The Hall–Kier alpha value is -1.79. The molecule has 3 atom stereocenters. The van der Waals surface area contributed by atoms with Gasteiger partial charge in [-0.25, -0.2) is 4.99 Å². The molecule has 1 fully saturated rings. The van der Waals surface area contributed by atoms with Crippen LogP contribution in [0.4, 0.5) is 0 Å². The first-order valence-corrected chi connectivity index (χ1v) is 6.64. The van der Waals surface area contributed by atoms with Gasteiger partial charge in [-0.05, 0) is 40.0 Å². The van der Waals surface area contributed by atoms with Crippen molar-refractivity contribution in [2.45, 2.75) is 51.7 Å². The number of guanidine groups is 1. The van der Waals surface area contributed by atoms with Crippen LogP contribution < -0.4 is 11.5 Å². The molecule has 1 saturated carbocycles. The summed E-state index contributed by atoms with van der Waals surface area (Å²) in [6.45, 7) is 5.38. The Labute approximate surface area is 118 Å². The van der Waals surface area contributed by atoms with E-state index in [9.17, 15) is 9.59 Å². The number of aliphatic carboxylic acids is 1. The van der Waals surface area contributed by atoms with Gasteiger partial charge in [0.25, 0.3) is 0 Å². The fourth-order valence-electron chi connectivity index (χ4n) is 2.37. The highest BCUT2D eigenvalue weighted by Gasteiger charge is 2.39. The molecule has 7 nitrogen and oxygen atoms in total. The molecule has 114 valence electrons. The van der Waals surface area contributed by atoms with Gasteiger partial charge in [0.05, 0.1) is 17.9 Å². The summed E-state index contributed by atoms with van der Waals surface area (Å²) >= 11 is 0. The van der Waals surface area contributed by atoms with Crippen LogP contribution in [0.15, 0.2) is 4.99 Å². The fraction of sp³-hybridized carbons (Fsp3) is 0.769. The predicted octanol–water partition coefficient (Wildman–Crippen LogP) is 0.471. The first kappa shape index (κ1) is 16.3. The summed E-state index contributed by atoms with van der Waals surface area (Å²) in [7, 11) is 0. The molecule has 0 aromatic carbocycles. The van der Waals surface area contributed by atoms with Crippen LogP contribution in [0, 0.1) is 11.8 Å². The van der Waals surface area contributed by atoms with E-state index in [0.717, 1.165) is 0 Å². The molecule has 0 aliphatic heterocycles. The largest absolute Gasteiger partial charge is 0.481 e. The van der Waals surface area contributed by atoms with E-state index in [0.29, 0.717) is 19.3 Å². The van der Waals surface area contributed by atoms with Gasteiger partial charge in [0, 0.05) is 0 Å². The molecule has 0 aromatic heterocycles. The van der Waals surface area contributed by atoms with E-state index >= 15 is 0 Å².